The summed E-state index contributed by atoms with van der Waals surface area (Å²) >= 11 is 0. The monoisotopic (exact) mass is 278 g/mol. The van der Waals surface area contributed by atoms with Gasteiger partial charge in [0.2, 0.25) is 0 Å². The molecule has 2 heterocycles. The maximum absolute atomic E-state index is 13.2. The van der Waals surface area contributed by atoms with Gasteiger partial charge in [0.05, 0.1) is 6.54 Å². The first-order valence-corrected chi connectivity index (χ1v) is 7.09. The zero-order valence-corrected chi connectivity index (χ0v) is 11.6. The third kappa shape index (κ3) is 2.50. The van der Waals surface area contributed by atoms with Gasteiger partial charge >= 0.3 is 6.09 Å². The van der Waals surface area contributed by atoms with E-state index in [0.717, 1.165) is 25.1 Å². The van der Waals surface area contributed by atoms with Gasteiger partial charge in [0.25, 0.3) is 0 Å². The first-order chi connectivity index (χ1) is 9.65. The SMILES string of the molecule is C[C@H]1c2ccc(F)cc2CCN1CCN1CCOC1=O. The molecule has 2 aliphatic heterocycles. The number of carbonyl (C=O) groups excluding carboxylic acids is 1. The standard InChI is InChI=1S/C15H19FN2O2/c1-11-14-3-2-13(16)10-12(14)4-5-17(11)6-7-18-8-9-20-15(18)19/h2-3,10-11H,4-9H2,1H3/t11-/m0/s1. The molecule has 4 nitrogen and oxygen atoms in total. The summed E-state index contributed by atoms with van der Waals surface area (Å²) in [4.78, 5) is 15.5. The minimum atomic E-state index is -0.211. The third-order valence-electron chi connectivity index (χ3n) is 4.27. The summed E-state index contributed by atoms with van der Waals surface area (Å²) < 4.78 is 18.2. The largest absolute Gasteiger partial charge is 0.448 e. The number of cyclic esters (lactones) is 1. The Labute approximate surface area is 118 Å². The van der Waals surface area contributed by atoms with Crippen molar-refractivity contribution in [3.05, 3.63) is 35.1 Å². The van der Waals surface area contributed by atoms with Gasteiger partial charge in [-0.1, -0.05) is 6.07 Å². The zero-order chi connectivity index (χ0) is 14.1. The van der Waals surface area contributed by atoms with Gasteiger partial charge in [0.15, 0.2) is 0 Å². The average Bonchev–Trinajstić information content (AvgIpc) is 2.83. The molecule has 0 spiro atoms. The Balaban J connectivity index is 1.64. The molecule has 1 atom stereocenters. The molecule has 108 valence electrons. The molecule has 0 aliphatic carbocycles. The van der Waals surface area contributed by atoms with Crippen molar-refractivity contribution in [2.75, 3.05) is 32.8 Å². The fraction of sp³-hybridized carbons (Fsp3) is 0.533. The van der Waals surface area contributed by atoms with Crippen LogP contribution >= 0.6 is 0 Å². The van der Waals surface area contributed by atoms with E-state index in [1.54, 1.807) is 11.0 Å². The fourth-order valence-corrected chi connectivity index (χ4v) is 3.04. The number of hydrogen-bond donors (Lipinski definition) is 0. The van der Waals surface area contributed by atoms with Crippen LogP contribution in [0.4, 0.5) is 9.18 Å². The second kappa shape index (κ2) is 5.40. The Hall–Kier alpha value is -1.62. The summed E-state index contributed by atoms with van der Waals surface area (Å²) in [6.45, 7) is 5.74. The molecule has 0 N–H and O–H groups in total. The lowest BCUT2D eigenvalue weighted by Crippen LogP contribution is -2.40. The smallest absolute Gasteiger partial charge is 0.409 e. The Morgan fingerprint density at radius 2 is 2.20 bits per heavy atom. The maximum Gasteiger partial charge on any atom is 0.409 e. The van der Waals surface area contributed by atoms with Crippen molar-refractivity contribution in [2.45, 2.75) is 19.4 Å². The summed E-state index contributed by atoms with van der Waals surface area (Å²) in [6, 6.07) is 5.31. The Kier molecular flexibility index (Phi) is 3.61. The molecular formula is C15H19FN2O2. The van der Waals surface area contributed by atoms with Gasteiger partial charge in [-0.3, -0.25) is 4.90 Å². The molecule has 0 aromatic heterocycles. The number of ether oxygens (including phenoxy) is 1. The van der Waals surface area contributed by atoms with Crippen molar-refractivity contribution in [3.63, 3.8) is 0 Å². The van der Waals surface area contributed by atoms with E-state index in [-0.39, 0.29) is 18.0 Å². The van der Waals surface area contributed by atoms with Crippen molar-refractivity contribution in [1.82, 2.24) is 9.80 Å². The van der Waals surface area contributed by atoms with Crippen LogP contribution in [-0.4, -0.2) is 48.7 Å². The van der Waals surface area contributed by atoms with E-state index < -0.39 is 0 Å². The highest BCUT2D eigenvalue weighted by Crippen LogP contribution is 2.29. The number of amides is 1. The number of nitrogens with zero attached hydrogens (tertiary/aromatic N) is 2. The lowest BCUT2D eigenvalue weighted by atomic mass is 9.93. The van der Waals surface area contributed by atoms with Gasteiger partial charge in [-0.05, 0) is 36.6 Å². The molecule has 3 rings (SSSR count). The van der Waals surface area contributed by atoms with Crippen LogP contribution in [0.3, 0.4) is 0 Å². The van der Waals surface area contributed by atoms with Gasteiger partial charge in [-0.15, -0.1) is 0 Å². The van der Waals surface area contributed by atoms with E-state index >= 15 is 0 Å². The number of rotatable bonds is 3. The van der Waals surface area contributed by atoms with Crippen molar-refractivity contribution in [1.29, 1.82) is 0 Å². The van der Waals surface area contributed by atoms with Crippen LogP contribution < -0.4 is 0 Å². The molecule has 20 heavy (non-hydrogen) atoms. The first-order valence-electron chi connectivity index (χ1n) is 7.09. The highest BCUT2D eigenvalue weighted by molar-refractivity contribution is 5.69. The molecule has 1 aromatic rings. The van der Waals surface area contributed by atoms with Gasteiger partial charge in [-0.2, -0.15) is 0 Å². The molecule has 0 bridgehead atoms. The predicted molar refractivity (Wildman–Crippen MR) is 73.0 cm³/mol. The first kappa shape index (κ1) is 13.4. The molecular weight excluding hydrogens is 259 g/mol. The molecule has 1 fully saturated rings. The van der Waals surface area contributed by atoms with Crippen LogP contribution in [0.15, 0.2) is 18.2 Å². The molecule has 2 aliphatic rings. The minimum absolute atomic E-state index is 0.163. The van der Waals surface area contributed by atoms with Gasteiger partial charge in [-0.25, -0.2) is 9.18 Å². The van der Waals surface area contributed by atoms with Crippen LogP contribution in [0.2, 0.25) is 0 Å². The van der Waals surface area contributed by atoms with Crippen molar-refractivity contribution < 1.29 is 13.9 Å². The summed E-state index contributed by atoms with van der Waals surface area (Å²) in [7, 11) is 0. The second-order valence-corrected chi connectivity index (χ2v) is 5.41. The highest BCUT2D eigenvalue weighted by atomic mass is 19.1. The summed E-state index contributed by atoms with van der Waals surface area (Å²) in [5, 5.41) is 0. The Morgan fingerprint density at radius 1 is 1.35 bits per heavy atom. The van der Waals surface area contributed by atoms with Gasteiger partial charge < -0.3 is 9.64 Å². The number of halogens is 1. The number of fused-ring (bicyclic) bond motifs is 1. The summed E-state index contributed by atoms with van der Waals surface area (Å²) in [5.41, 5.74) is 2.30. The maximum atomic E-state index is 13.2. The van der Waals surface area contributed by atoms with E-state index in [9.17, 15) is 9.18 Å². The molecule has 0 saturated carbocycles. The topological polar surface area (TPSA) is 32.8 Å². The highest BCUT2D eigenvalue weighted by Gasteiger charge is 2.26. The fourth-order valence-electron chi connectivity index (χ4n) is 3.04. The average molecular weight is 278 g/mol. The molecule has 1 amide bonds. The minimum Gasteiger partial charge on any atom is -0.448 e. The van der Waals surface area contributed by atoms with Crippen LogP contribution in [0.1, 0.15) is 24.1 Å². The van der Waals surface area contributed by atoms with E-state index in [0.29, 0.717) is 19.7 Å². The van der Waals surface area contributed by atoms with Gasteiger partial charge in [0.1, 0.15) is 12.4 Å². The zero-order valence-electron chi connectivity index (χ0n) is 11.6. The number of carbonyl (C=O) groups is 1. The van der Waals surface area contributed by atoms with Crippen molar-refractivity contribution >= 4 is 6.09 Å². The van der Waals surface area contributed by atoms with Crippen molar-refractivity contribution in [3.8, 4) is 0 Å². The predicted octanol–water partition coefficient (Wildman–Crippen LogP) is 2.20. The van der Waals surface area contributed by atoms with Crippen LogP contribution in [0.25, 0.3) is 0 Å². The van der Waals surface area contributed by atoms with E-state index in [4.69, 9.17) is 4.74 Å². The van der Waals surface area contributed by atoms with Crippen LogP contribution in [0.5, 0.6) is 0 Å². The molecule has 0 radical (unpaired) electrons. The summed E-state index contributed by atoms with van der Waals surface area (Å²) in [5.74, 6) is -0.163. The van der Waals surface area contributed by atoms with E-state index in [2.05, 4.69) is 11.8 Å². The van der Waals surface area contributed by atoms with E-state index in [1.165, 1.54) is 11.6 Å². The third-order valence-corrected chi connectivity index (χ3v) is 4.27. The number of hydrogen-bond acceptors (Lipinski definition) is 3. The van der Waals surface area contributed by atoms with Gasteiger partial charge in [0, 0.05) is 25.7 Å². The lowest BCUT2D eigenvalue weighted by molar-refractivity contribution is 0.145. The van der Waals surface area contributed by atoms with E-state index in [1.807, 2.05) is 6.07 Å². The molecule has 1 aromatic carbocycles. The summed E-state index contributed by atoms with van der Waals surface area (Å²) in [6.07, 6.45) is 0.652. The molecule has 0 unspecified atom stereocenters. The molecule has 1 saturated heterocycles. The van der Waals surface area contributed by atoms with Crippen LogP contribution in [-0.2, 0) is 11.2 Å². The van der Waals surface area contributed by atoms with Crippen LogP contribution in [0, 0.1) is 5.82 Å². The second-order valence-electron chi connectivity index (χ2n) is 5.41. The lowest BCUT2D eigenvalue weighted by Gasteiger charge is -2.35. The number of benzene rings is 1. The molecule has 5 heteroatoms. The Bertz CT molecular complexity index is 521. The normalized spacial score (nSPS) is 22.8. The van der Waals surface area contributed by atoms with Crippen molar-refractivity contribution in [2.24, 2.45) is 0 Å². The Morgan fingerprint density at radius 3 is 2.95 bits per heavy atom. The quantitative estimate of drug-likeness (QED) is 0.849.